The van der Waals surface area contributed by atoms with Crippen LogP contribution in [0.15, 0.2) is 0 Å². The lowest BCUT2D eigenvalue weighted by molar-refractivity contribution is -0.143. The van der Waals surface area contributed by atoms with E-state index in [1.807, 2.05) is 6.92 Å². The number of carbonyl (C=O) groups is 1. The van der Waals surface area contributed by atoms with Crippen LogP contribution in [0.4, 0.5) is 0 Å². The molecule has 0 aromatic heterocycles. The molecule has 0 bridgehead atoms. The van der Waals surface area contributed by atoms with Crippen LogP contribution in [-0.2, 0) is 4.79 Å². The Labute approximate surface area is 66.0 Å². The van der Waals surface area contributed by atoms with Gasteiger partial charge >= 0.3 is 5.97 Å². The van der Waals surface area contributed by atoms with Crippen LogP contribution in [0.5, 0.6) is 0 Å². The summed E-state index contributed by atoms with van der Waals surface area (Å²) in [4.78, 5) is 10.4. The van der Waals surface area contributed by atoms with E-state index in [0.717, 1.165) is 6.42 Å². The molecular weight excluding hydrogens is 154 g/mol. The molecule has 0 unspecified atom stereocenters. The van der Waals surface area contributed by atoms with E-state index in [9.17, 15) is 4.79 Å². The third-order valence-corrected chi connectivity index (χ3v) is 2.24. The van der Waals surface area contributed by atoms with Crippen molar-refractivity contribution in [2.75, 3.05) is 6.54 Å². The minimum atomic E-state index is -0.738. The van der Waals surface area contributed by atoms with Gasteiger partial charge in [-0.15, -0.1) is 12.4 Å². The molecule has 4 heteroatoms. The van der Waals surface area contributed by atoms with Crippen molar-refractivity contribution in [1.82, 2.24) is 0 Å². The van der Waals surface area contributed by atoms with Gasteiger partial charge in [0.25, 0.3) is 0 Å². The van der Waals surface area contributed by atoms with Crippen molar-refractivity contribution in [3.8, 4) is 0 Å². The summed E-state index contributed by atoms with van der Waals surface area (Å²) in [5.41, 5.74) is 4.72. The van der Waals surface area contributed by atoms with Crippen LogP contribution in [0.25, 0.3) is 0 Å². The number of halogens is 1. The van der Waals surface area contributed by atoms with Gasteiger partial charge in [0, 0.05) is 6.54 Å². The zero-order valence-corrected chi connectivity index (χ0v) is 6.65. The molecule has 0 spiro atoms. The first-order chi connectivity index (χ1) is 4.13. The fraction of sp³-hybridized carbons (Fsp3) is 0.833. The predicted molar refractivity (Wildman–Crippen MR) is 40.2 cm³/mol. The summed E-state index contributed by atoms with van der Waals surface area (Å²) >= 11 is 0. The Morgan fingerprint density at radius 3 is 2.30 bits per heavy atom. The van der Waals surface area contributed by atoms with Gasteiger partial charge in [0.15, 0.2) is 0 Å². The maximum Gasteiger partial charge on any atom is 0.311 e. The molecule has 0 heterocycles. The first kappa shape index (κ1) is 9.72. The summed E-state index contributed by atoms with van der Waals surface area (Å²) in [7, 11) is 0. The van der Waals surface area contributed by atoms with Crippen molar-refractivity contribution < 1.29 is 9.90 Å². The van der Waals surface area contributed by atoms with E-state index in [-0.39, 0.29) is 24.9 Å². The van der Waals surface area contributed by atoms with Gasteiger partial charge in [-0.2, -0.15) is 0 Å². The molecule has 3 nitrogen and oxygen atoms in total. The second kappa shape index (κ2) is 2.76. The minimum Gasteiger partial charge on any atom is -0.481 e. The standard InChI is InChI=1S/C6H11NO2.ClH/c1-4-2-6(4,3-7)5(8)9;/h4H,2-3,7H2,1H3,(H,8,9);1H/t4-,6+;/m1./s1. The zero-order valence-electron chi connectivity index (χ0n) is 5.83. The first-order valence-corrected chi connectivity index (χ1v) is 3.07. The molecular formula is C6H12ClNO2. The van der Waals surface area contributed by atoms with Gasteiger partial charge in [0.2, 0.25) is 0 Å². The number of carboxylic acid groups (broad SMARTS) is 1. The Bertz CT molecular complexity index is 147. The number of nitrogens with two attached hydrogens (primary N) is 1. The van der Waals surface area contributed by atoms with Crippen LogP contribution in [0, 0.1) is 11.3 Å². The van der Waals surface area contributed by atoms with Crippen LogP contribution in [-0.4, -0.2) is 17.6 Å². The van der Waals surface area contributed by atoms with Gasteiger partial charge in [0.05, 0.1) is 5.41 Å². The Balaban J connectivity index is 0.000000810. The summed E-state index contributed by atoms with van der Waals surface area (Å²) in [6, 6.07) is 0. The molecule has 10 heavy (non-hydrogen) atoms. The monoisotopic (exact) mass is 165 g/mol. The molecule has 1 aliphatic rings. The van der Waals surface area contributed by atoms with Crippen molar-refractivity contribution in [3.05, 3.63) is 0 Å². The average molecular weight is 166 g/mol. The molecule has 1 saturated carbocycles. The molecule has 0 amide bonds. The molecule has 0 aromatic carbocycles. The van der Waals surface area contributed by atoms with Gasteiger partial charge in [0.1, 0.15) is 0 Å². The SMILES string of the molecule is C[C@@H]1C[C@@]1(CN)C(=O)O.Cl. The van der Waals surface area contributed by atoms with E-state index in [1.165, 1.54) is 0 Å². The van der Waals surface area contributed by atoms with Crippen LogP contribution >= 0.6 is 12.4 Å². The fourth-order valence-corrected chi connectivity index (χ4v) is 1.16. The lowest BCUT2D eigenvalue weighted by Crippen LogP contribution is -2.26. The maximum absolute atomic E-state index is 10.4. The van der Waals surface area contributed by atoms with E-state index < -0.39 is 11.4 Å². The summed E-state index contributed by atoms with van der Waals surface area (Å²) in [5, 5.41) is 8.59. The largest absolute Gasteiger partial charge is 0.481 e. The molecule has 0 aliphatic heterocycles. The van der Waals surface area contributed by atoms with E-state index in [2.05, 4.69) is 0 Å². The van der Waals surface area contributed by atoms with E-state index in [1.54, 1.807) is 0 Å². The highest BCUT2D eigenvalue weighted by molar-refractivity contribution is 5.85. The van der Waals surface area contributed by atoms with Crippen molar-refractivity contribution in [1.29, 1.82) is 0 Å². The van der Waals surface area contributed by atoms with Crippen molar-refractivity contribution in [2.24, 2.45) is 17.1 Å². The maximum atomic E-state index is 10.4. The summed E-state index contributed by atoms with van der Waals surface area (Å²) < 4.78 is 0. The number of carboxylic acids is 1. The average Bonchev–Trinajstić information content (AvgIpc) is 2.43. The normalized spacial score (nSPS) is 36.4. The second-order valence-electron chi connectivity index (χ2n) is 2.77. The quantitative estimate of drug-likeness (QED) is 0.626. The van der Waals surface area contributed by atoms with Gasteiger partial charge in [-0.05, 0) is 12.3 Å². The molecule has 1 aliphatic carbocycles. The lowest BCUT2D eigenvalue weighted by Gasteiger charge is -2.04. The minimum absolute atomic E-state index is 0. The molecule has 2 atom stereocenters. The first-order valence-electron chi connectivity index (χ1n) is 3.07. The molecule has 60 valence electrons. The molecule has 1 rings (SSSR count). The van der Waals surface area contributed by atoms with Crippen molar-refractivity contribution >= 4 is 18.4 Å². The highest BCUT2D eigenvalue weighted by atomic mass is 35.5. The van der Waals surface area contributed by atoms with Crippen molar-refractivity contribution in [3.63, 3.8) is 0 Å². The summed E-state index contributed by atoms with van der Waals surface area (Å²) in [6.07, 6.45) is 0.749. The summed E-state index contributed by atoms with van der Waals surface area (Å²) in [6.45, 7) is 2.20. The third-order valence-electron chi connectivity index (χ3n) is 2.24. The van der Waals surface area contributed by atoms with Crippen LogP contribution in [0.3, 0.4) is 0 Å². The lowest BCUT2D eigenvalue weighted by atomic mass is 10.1. The molecule has 0 saturated heterocycles. The summed E-state index contributed by atoms with van der Waals surface area (Å²) in [5.74, 6) is -0.461. The highest BCUT2D eigenvalue weighted by Crippen LogP contribution is 2.51. The Morgan fingerprint density at radius 2 is 2.30 bits per heavy atom. The second-order valence-corrected chi connectivity index (χ2v) is 2.77. The number of hydrogen-bond donors (Lipinski definition) is 2. The third kappa shape index (κ3) is 1.11. The van der Waals surface area contributed by atoms with E-state index in [4.69, 9.17) is 10.8 Å². The van der Waals surface area contributed by atoms with E-state index >= 15 is 0 Å². The highest BCUT2D eigenvalue weighted by Gasteiger charge is 2.56. The van der Waals surface area contributed by atoms with Gasteiger partial charge in [-0.3, -0.25) is 4.79 Å². The fourth-order valence-electron chi connectivity index (χ4n) is 1.16. The molecule has 1 fully saturated rings. The van der Waals surface area contributed by atoms with Gasteiger partial charge in [-0.25, -0.2) is 0 Å². The smallest absolute Gasteiger partial charge is 0.311 e. The zero-order chi connectivity index (χ0) is 7.07. The van der Waals surface area contributed by atoms with Gasteiger partial charge < -0.3 is 10.8 Å². The number of rotatable bonds is 2. The number of aliphatic carboxylic acids is 1. The van der Waals surface area contributed by atoms with Crippen LogP contribution in [0.2, 0.25) is 0 Å². The molecule has 3 N–H and O–H groups in total. The van der Waals surface area contributed by atoms with Gasteiger partial charge in [-0.1, -0.05) is 6.92 Å². The molecule has 0 aromatic rings. The van der Waals surface area contributed by atoms with E-state index in [0.29, 0.717) is 0 Å². The van der Waals surface area contributed by atoms with Crippen LogP contribution in [0.1, 0.15) is 13.3 Å². The van der Waals surface area contributed by atoms with Crippen LogP contribution < -0.4 is 5.73 Å². The molecule has 0 radical (unpaired) electrons. The Hall–Kier alpha value is -0.280. The van der Waals surface area contributed by atoms with Crippen molar-refractivity contribution in [2.45, 2.75) is 13.3 Å². The Morgan fingerprint density at radius 1 is 1.90 bits per heavy atom. The topological polar surface area (TPSA) is 63.3 Å². The number of hydrogen-bond acceptors (Lipinski definition) is 2. The predicted octanol–water partition coefficient (Wildman–Crippen LogP) is 0.478. The Kier molecular flexibility index (Phi) is 2.68.